The number of carbonyl (C=O) groups excluding carboxylic acids is 2. The monoisotopic (exact) mass is 285 g/mol. The van der Waals surface area contributed by atoms with Crippen molar-refractivity contribution in [2.24, 2.45) is 0 Å². The van der Waals surface area contributed by atoms with Crippen molar-refractivity contribution < 1.29 is 14.3 Å². The summed E-state index contributed by atoms with van der Waals surface area (Å²) >= 11 is 0. The van der Waals surface area contributed by atoms with E-state index in [4.69, 9.17) is 4.74 Å². The van der Waals surface area contributed by atoms with Crippen LogP contribution in [0.3, 0.4) is 0 Å². The fraction of sp³-hybridized carbons (Fsp3) is 0.857. The predicted octanol–water partition coefficient (Wildman–Crippen LogP) is 0.130. The highest BCUT2D eigenvalue weighted by molar-refractivity contribution is 5.79. The molecule has 1 aliphatic rings. The Balaban J connectivity index is 2.08. The third kappa shape index (κ3) is 6.34. The molecule has 1 aliphatic heterocycles. The second-order valence-corrected chi connectivity index (χ2v) is 5.00. The van der Waals surface area contributed by atoms with Gasteiger partial charge in [-0.2, -0.15) is 0 Å². The highest BCUT2D eigenvalue weighted by Gasteiger charge is 2.16. The van der Waals surface area contributed by atoms with Crippen molar-refractivity contribution in [1.29, 1.82) is 0 Å². The lowest BCUT2D eigenvalue weighted by atomic mass is 10.2. The van der Waals surface area contributed by atoms with Crippen LogP contribution in [-0.4, -0.2) is 62.1 Å². The molecule has 0 aromatic rings. The second kappa shape index (κ2) is 9.72. The van der Waals surface area contributed by atoms with E-state index in [0.717, 1.165) is 12.8 Å². The molecule has 0 unspecified atom stereocenters. The predicted molar refractivity (Wildman–Crippen MR) is 77.4 cm³/mol. The first-order valence-corrected chi connectivity index (χ1v) is 7.53. The average Bonchev–Trinajstić information content (AvgIpc) is 2.49. The van der Waals surface area contributed by atoms with E-state index in [1.807, 2.05) is 4.90 Å². The molecular formula is C14H27N3O3. The minimum atomic E-state index is -0.00229. The first kappa shape index (κ1) is 16.9. The van der Waals surface area contributed by atoms with Crippen LogP contribution in [0.5, 0.6) is 0 Å². The van der Waals surface area contributed by atoms with Gasteiger partial charge in [-0.05, 0) is 12.8 Å². The summed E-state index contributed by atoms with van der Waals surface area (Å²) in [4.78, 5) is 25.3. The van der Waals surface area contributed by atoms with Gasteiger partial charge < -0.3 is 20.3 Å². The van der Waals surface area contributed by atoms with Gasteiger partial charge in [0.05, 0.1) is 19.8 Å². The van der Waals surface area contributed by atoms with Gasteiger partial charge in [-0.1, -0.05) is 13.8 Å². The van der Waals surface area contributed by atoms with Gasteiger partial charge in [0.25, 0.3) is 0 Å². The molecule has 20 heavy (non-hydrogen) atoms. The molecule has 0 spiro atoms. The summed E-state index contributed by atoms with van der Waals surface area (Å²) < 4.78 is 5.20. The lowest BCUT2D eigenvalue weighted by Crippen LogP contribution is -2.43. The van der Waals surface area contributed by atoms with Crippen molar-refractivity contribution in [2.45, 2.75) is 39.2 Å². The Kier molecular flexibility index (Phi) is 8.22. The first-order chi connectivity index (χ1) is 9.67. The van der Waals surface area contributed by atoms with Crippen molar-refractivity contribution in [3.63, 3.8) is 0 Å². The summed E-state index contributed by atoms with van der Waals surface area (Å²) in [6, 6.07) is 0.249. The van der Waals surface area contributed by atoms with E-state index >= 15 is 0 Å². The minimum Gasteiger partial charge on any atom is -0.378 e. The van der Waals surface area contributed by atoms with Crippen molar-refractivity contribution in [3.8, 4) is 0 Å². The fourth-order valence-electron chi connectivity index (χ4n) is 2.14. The van der Waals surface area contributed by atoms with Crippen molar-refractivity contribution in [2.75, 3.05) is 39.4 Å². The third-order valence-electron chi connectivity index (χ3n) is 3.52. The van der Waals surface area contributed by atoms with Gasteiger partial charge in [-0.3, -0.25) is 9.59 Å². The summed E-state index contributed by atoms with van der Waals surface area (Å²) in [5.41, 5.74) is 0. The van der Waals surface area contributed by atoms with Crippen LogP contribution in [0, 0.1) is 0 Å². The molecule has 6 heteroatoms. The molecule has 6 nitrogen and oxygen atoms in total. The van der Waals surface area contributed by atoms with Gasteiger partial charge in [0.2, 0.25) is 11.8 Å². The summed E-state index contributed by atoms with van der Waals surface area (Å²) in [7, 11) is 0. The number of ether oxygens (including phenoxy) is 1. The average molecular weight is 285 g/mol. The molecule has 1 rings (SSSR count). The Hall–Kier alpha value is -1.14. The molecule has 2 N–H and O–H groups in total. The van der Waals surface area contributed by atoms with Crippen molar-refractivity contribution in [1.82, 2.24) is 15.5 Å². The number of amides is 2. The Morgan fingerprint density at radius 3 is 2.45 bits per heavy atom. The quantitative estimate of drug-likeness (QED) is 0.622. The van der Waals surface area contributed by atoms with Gasteiger partial charge >= 0.3 is 0 Å². The van der Waals surface area contributed by atoms with Crippen molar-refractivity contribution in [3.05, 3.63) is 0 Å². The molecule has 0 aromatic carbocycles. The number of hydrogen-bond acceptors (Lipinski definition) is 4. The van der Waals surface area contributed by atoms with Crippen LogP contribution in [-0.2, 0) is 14.3 Å². The summed E-state index contributed by atoms with van der Waals surface area (Å²) in [5.74, 6) is 0.124. The molecule has 1 heterocycles. The zero-order chi connectivity index (χ0) is 14.8. The number of morpholine rings is 1. The maximum atomic E-state index is 11.8. The zero-order valence-corrected chi connectivity index (χ0v) is 12.6. The van der Waals surface area contributed by atoms with Crippen LogP contribution in [0.25, 0.3) is 0 Å². The van der Waals surface area contributed by atoms with Gasteiger partial charge in [0, 0.05) is 32.1 Å². The molecule has 2 amide bonds. The standard InChI is InChI=1S/C14H27N3O3/c1-3-12(4-2)16-13(18)11-15-6-5-14(19)17-7-9-20-10-8-17/h12,15H,3-11H2,1-2H3,(H,16,18). The minimum absolute atomic E-state index is 0.00229. The Bertz CT molecular complexity index is 300. The molecule has 0 bridgehead atoms. The molecule has 1 fully saturated rings. The third-order valence-corrected chi connectivity index (χ3v) is 3.52. The van der Waals surface area contributed by atoms with E-state index in [1.54, 1.807) is 0 Å². The Morgan fingerprint density at radius 2 is 1.85 bits per heavy atom. The summed E-state index contributed by atoms with van der Waals surface area (Å²) in [6.45, 7) is 7.52. The number of carbonyl (C=O) groups is 2. The summed E-state index contributed by atoms with van der Waals surface area (Å²) in [6.07, 6.45) is 2.31. The van der Waals surface area contributed by atoms with Crippen molar-refractivity contribution >= 4 is 11.8 Å². The number of rotatable bonds is 8. The summed E-state index contributed by atoms with van der Waals surface area (Å²) in [5, 5.41) is 5.97. The Morgan fingerprint density at radius 1 is 1.20 bits per heavy atom. The highest BCUT2D eigenvalue weighted by atomic mass is 16.5. The van der Waals surface area contributed by atoms with E-state index in [1.165, 1.54) is 0 Å². The number of nitrogens with zero attached hydrogens (tertiary/aromatic N) is 1. The molecule has 0 aliphatic carbocycles. The van der Waals surface area contributed by atoms with E-state index in [9.17, 15) is 9.59 Å². The van der Waals surface area contributed by atoms with Crippen LogP contribution < -0.4 is 10.6 Å². The van der Waals surface area contributed by atoms with Crippen LogP contribution in [0.15, 0.2) is 0 Å². The van der Waals surface area contributed by atoms with Gasteiger partial charge in [0.15, 0.2) is 0 Å². The molecule has 0 radical (unpaired) electrons. The normalized spacial score (nSPS) is 15.4. The van der Waals surface area contributed by atoms with Gasteiger partial charge in [0.1, 0.15) is 0 Å². The van der Waals surface area contributed by atoms with E-state index in [2.05, 4.69) is 24.5 Å². The topological polar surface area (TPSA) is 70.7 Å². The van der Waals surface area contributed by atoms with Gasteiger partial charge in [-0.25, -0.2) is 0 Å². The Labute approximate surface area is 121 Å². The van der Waals surface area contributed by atoms with E-state index < -0.39 is 0 Å². The number of nitrogens with one attached hydrogen (secondary N) is 2. The molecular weight excluding hydrogens is 258 g/mol. The first-order valence-electron chi connectivity index (χ1n) is 7.53. The van der Waals surface area contributed by atoms with Crippen LogP contribution in [0.4, 0.5) is 0 Å². The van der Waals surface area contributed by atoms with E-state index in [0.29, 0.717) is 39.3 Å². The molecule has 116 valence electrons. The maximum Gasteiger partial charge on any atom is 0.234 e. The molecule has 0 atom stereocenters. The SMILES string of the molecule is CCC(CC)NC(=O)CNCCC(=O)N1CCOCC1. The highest BCUT2D eigenvalue weighted by Crippen LogP contribution is 1.99. The lowest BCUT2D eigenvalue weighted by molar-refractivity contribution is -0.135. The second-order valence-electron chi connectivity index (χ2n) is 5.00. The fourth-order valence-corrected chi connectivity index (χ4v) is 2.14. The van der Waals surface area contributed by atoms with Gasteiger partial charge in [-0.15, -0.1) is 0 Å². The number of hydrogen-bond donors (Lipinski definition) is 2. The van der Waals surface area contributed by atoms with Crippen LogP contribution in [0.2, 0.25) is 0 Å². The molecule has 1 saturated heterocycles. The lowest BCUT2D eigenvalue weighted by Gasteiger charge is -2.26. The molecule has 0 saturated carbocycles. The molecule has 0 aromatic heterocycles. The smallest absolute Gasteiger partial charge is 0.234 e. The zero-order valence-electron chi connectivity index (χ0n) is 12.6. The van der Waals surface area contributed by atoms with Crippen LogP contribution in [0.1, 0.15) is 33.1 Å². The van der Waals surface area contributed by atoms with E-state index in [-0.39, 0.29) is 24.4 Å². The largest absolute Gasteiger partial charge is 0.378 e. The maximum absolute atomic E-state index is 11.8. The van der Waals surface area contributed by atoms with Crippen LogP contribution >= 0.6 is 0 Å².